The molecule has 192 valence electrons. The molecule has 0 atom stereocenters. The van der Waals surface area contributed by atoms with E-state index in [-0.39, 0.29) is 39.8 Å². The fraction of sp³-hybridized carbons (Fsp3) is 0.375. The summed E-state index contributed by atoms with van der Waals surface area (Å²) in [6.45, 7) is 9.79. The third-order valence-corrected chi connectivity index (χ3v) is 7.25. The first kappa shape index (κ1) is 27.2. The largest absolute Gasteiger partial charge is 0.485 e. The molecule has 0 aliphatic heterocycles. The molecule has 0 saturated carbocycles. The lowest BCUT2D eigenvalue weighted by atomic mass is 10.1. The first-order valence-electron chi connectivity index (χ1n) is 11.3. The van der Waals surface area contributed by atoms with Crippen LogP contribution in [0.3, 0.4) is 0 Å². The van der Waals surface area contributed by atoms with Gasteiger partial charge in [0.15, 0.2) is 11.0 Å². The van der Waals surface area contributed by atoms with Gasteiger partial charge in [0.05, 0.1) is 22.3 Å². The van der Waals surface area contributed by atoms with Crippen molar-refractivity contribution < 1.29 is 23.9 Å². The molecule has 0 aliphatic rings. The van der Waals surface area contributed by atoms with E-state index in [0.717, 1.165) is 22.6 Å². The quantitative estimate of drug-likeness (QED) is 0.280. The van der Waals surface area contributed by atoms with E-state index >= 15 is 0 Å². The Morgan fingerprint density at radius 3 is 2.56 bits per heavy atom. The van der Waals surface area contributed by atoms with E-state index in [1.807, 2.05) is 42.7 Å². The third-order valence-electron chi connectivity index (χ3n) is 5.06. The number of aryl methyl sites for hydroxylation is 1. The molecule has 10 nitrogen and oxygen atoms in total. The fourth-order valence-electron chi connectivity index (χ4n) is 3.36. The molecule has 0 aliphatic carbocycles. The van der Waals surface area contributed by atoms with Gasteiger partial charge in [-0.3, -0.25) is 9.59 Å². The zero-order valence-electron chi connectivity index (χ0n) is 20.8. The van der Waals surface area contributed by atoms with E-state index in [1.165, 1.54) is 11.8 Å². The molecule has 2 amide bonds. The number of para-hydroxylation sites is 1. The predicted octanol–water partition coefficient (Wildman–Crippen LogP) is 3.95. The average molecular weight is 532 g/mol. The first-order chi connectivity index (χ1) is 17.1. The highest BCUT2D eigenvalue weighted by Gasteiger charge is 2.26. The number of nitrogens with zero attached hydrogens (tertiary/aromatic N) is 3. The number of thioether (sulfide) groups is 1. The Bertz CT molecular complexity index is 1270. The Morgan fingerprint density at radius 2 is 1.92 bits per heavy atom. The number of carbonyl (C=O) groups excluding carboxylic acids is 3. The summed E-state index contributed by atoms with van der Waals surface area (Å²) in [6, 6.07) is 7.71. The summed E-state index contributed by atoms with van der Waals surface area (Å²) in [7, 11) is 0. The van der Waals surface area contributed by atoms with Crippen molar-refractivity contribution in [1.29, 1.82) is 0 Å². The Balaban J connectivity index is 1.69. The maximum Gasteiger partial charge on any atom is 0.341 e. The maximum atomic E-state index is 12.8. The molecular formula is C24H29N5O5S2. The normalized spacial score (nSPS) is 10.9. The number of primary amides is 1. The van der Waals surface area contributed by atoms with E-state index in [4.69, 9.17) is 15.2 Å². The predicted molar refractivity (Wildman–Crippen MR) is 139 cm³/mol. The highest BCUT2D eigenvalue weighted by atomic mass is 32.2. The van der Waals surface area contributed by atoms with Crippen molar-refractivity contribution in [2.24, 2.45) is 5.73 Å². The summed E-state index contributed by atoms with van der Waals surface area (Å²) in [5.74, 6) is -0.259. The monoisotopic (exact) mass is 531 g/mol. The number of rotatable bonds is 11. The van der Waals surface area contributed by atoms with E-state index < -0.39 is 11.9 Å². The maximum absolute atomic E-state index is 12.8. The van der Waals surface area contributed by atoms with Gasteiger partial charge in [-0.15, -0.1) is 21.5 Å². The summed E-state index contributed by atoms with van der Waals surface area (Å²) in [5, 5.41) is 11.9. The van der Waals surface area contributed by atoms with Gasteiger partial charge in [0, 0.05) is 6.54 Å². The van der Waals surface area contributed by atoms with Crippen molar-refractivity contribution >= 4 is 45.9 Å². The molecule has 0 unspecified atom stereocenters. The van der Waals surface area contributed by atoms with Crippen LogP contribution in [0.25, 0.3) is 0 Å². The minimum absolute atomic E-state index is 0.0122. The molecule has 36 heavy (non-hydrogen) atoms. The van der Waals surface area contributed by atoms with E-state index in [0.29, 0.717) is 23.1 Å². The minimum atomic E-state index is -0.678. The number of nitrogens with one attached hydrogen (secondary N) is 1. The van der Waals surface area contributed by atoms with Gasteiger partial charge in [0.25, 0.3) is 5.91 Å². The molecule has 0 radical (unpaired) electrons. The van der Waals surface area contributed by atoms with Crippen LogP contribution in [0, 0.1) is 13.8 Å². The number of aromatic nitrogens is 3. The lowest BCUT2D eigenvalue weighted by Gasteiger charge is -2.11. The van der Waals surface area contributed by atoms with Crippen LogP contribution in [0.5, 0.6) is 5.75 Å². The number of esters is 1. The van der Waals surface area contributed by atoms with Gasteiger partial charge in [-0.05, 0) is 51.8 Å². The summed E-state index contributed by atoms with van der Waals surface area (Å²) < 4.78 is 13.0. The smallest absolute Gasteiger partial charge is 0.341 e. The Hall–Kier alpha value is -3.38. The molecule has 2 aromatic heterocycles. The molecular weight excluding hydrogens is 502 g/mol. The summed E-state index contributed by atoms with van der Waals surface area (Å²) in [6.07, 6.45) is -0.364. The second-order valence-electron chi connectivity index (χ2n) is 8.11. The number of carbonyl (C=O) groups is 3. The van der Waals surface area contributed by atoms with Crippen LogP contribution < -0.4 is 15.8 Å². The number of amides is 2. The Kier molecular flexibility index (Phi) is 9.10. The Morgan fingerprint density at radius 1 is 1.19 bits per heavy atom. The van der Waals surface area contributed by atoms with Crippen LogP contribution in [0.1, 0.15) is 57.8 Å². The number of ether oxygens (including phenoxy) is 2. The molecule has 0 fully saturated rings. The average Bonchev–Trinajstić information content (AvgIpc) is 3.36. The summed E-state index contributed by atoms with van der Waals surface area (Å²) in [5.41, 5.74) is 6.97. The highest BCUT2D eigenvalue weighted by Crippen LogP contribution is 2.34. The zero-order valence-corrected chi connectivity index (χ0v) is 22.4. The number of nitrogens with two attached hydrogens (primary N) is 1. The van der Waals surface area contributed by atoms with Crippen molar-refractivity contribution in [2.75, 3.05) is 11.1 Å². The van der Waals surface area contributed by atoms with Crippen molar-refractivity contribution in [3.8, 4) is 5.75 Å². The highest BCUT2D eigenvalue weighted by molar-refractivity contribution is 7.99. The van der Waals surface area contributed by atoms with Crippen LogP contribution in [0.2, 0.25) is 0 Å². The van der Waals surface area contributed by atoms with Crippen molar-refractivity contribution in [2.45, 2.75) is 59.0 Å². The Labute approximate surface area is 217 Å². The van der Waals surface area contributed by atoms with Crippen molar-refractivity contribution in [3.05, 3.63) is 51.7 Å². The summed E-state index contributed by atoms with van der Waals surface area (Å²) in [4.78, 5) is 37.4. The number of hydrogen-bond acceptors (Lipinski definition) is 9. The van der Waals surface area contributed by atoms with Crippen molar-refractivity contribution in [3.63, 3.8) is 0 Å². The van der Waals surface area contributed by atoms with Crippen LogP contribution in [-0.4, -0.2) is 44.4 Å². The number of benzene rings is 1. The lowest BCUT2D eigenvalue weighted by molar-refractivity contribution is -0.113. The van der Waals surface area contributed by atoms with E-state index in [1.54, 1.807) is 20.8 Å². The molecule has 2 heterocycles. The topological polar surface area (TPSA) is 138 Å². The minimum Gasteiger partial charge on any atom is -0.485 e. The van der Waals surface area contributed by atoms with E-state index in [2.05, 4.69) is 15.5 Å². The lowest BCUT2D eigenvalue weighted by Crippen LogP contribution is -2.18. The zero-order chi connectivity index (χ0) is 26.4. The van der Waals surface area contributed by atoms with Gasteiger partial charge in [-0.25, -0.2) is 4.79 Å². The van der Waals surface area contributed by atoms with Crippen LogP contribution in [0.4, 0.5) is 5.00 Å². The fourth-order valence-corrected chi connectivity index (χ4v) is 5.24. The molecule has 3 N–H and O–H groups in total. The third kappa shape index (κ3) is 6.43. The first-order valence-corrected chi connectivity index (χ1v) is 13.1. The SMILES string of the molecule is CCn1c(COc2ccccc2C)nnc1SCC(=O)Nc1sc(C(N)=O)c(C)c1C(=O)OC(C)C. The molecule has 3 rings (SSSR count). The van der Waals surface area contributed by atoms with Gasteiger partial charge in [-0.2, -0.15) is 0 Å². The standard InChI is InChI=1S/C24H29N5O5S2/c1-6-29-17(11-33-16-10-8-7-9-14(16)4)27-28-24(29)35-12-18(30)26-22-19(23(32)34-13(2)3)15(5)20(36-22)21(25)31/h7-10,13H,6,11-12H2,1-5H3,(H2,25,31)(H,26,30). The molecule has 3 aromatic rings. The second-order valence-corrected chi connectivity index (χ2v) is 10.1. The molecule has 0 spiro atoms. The van der Waals surface area contributed by atoms with Crippen LogP contribution >= 0.6 is 23.1 Å². The van der Waals surface area contributed by atoms with E-state index in [9.17, 15) is 14.4 Å². The van der Waals surface area contributed by atoms with Gasteiger partial charge in [0.1, 0.15) is 17.4 Å². The molecule has 0 bridgehead atoms. The van der Waals surface area contributed by atoms with Gasteiger partial charge in [-0.1, -0.05) is 30.0 Å². The van der Waals surface area contributed by atoms with Gasteiger partial charge in [0.2, 0.25) is 5.91 Å². The number of thiophene rings is 1. The number of hydrogen-bond donors (Lipinski definition) is 2. The molecule has 12 heteroatoms. The van der Waals surface area contributed by atoms with Gasteiger partial charge >= 0.3 is 5.97 Å². The van der Waals surface area contributed by atoms with Crippen molar-refractivity contribution in [1.82, 2.24) is 14.8 Å². The molecule has 1 aromatic carbocycles. The second kappa shape index (κ2) is 12.0. The summed E-state index contributed by atoms with van der Waals surface area (Å²) >= 11 is 2.16. The van der Waals surface area contributed by atoms with Crippen LogP contribution in [-0.2, 0) is 22.7 Å². The number of anilines is 1. The molecule has 0 saturated heterocycles. The van der Waals surface area contributed by atoms with Gasteiger partial charge < -0.3 is 25.1 Å². The van der Waals surface area contributed by atoms with Crippen LogP contribution in [0.15, 0.2) is 29.4 Å².